The number of phenolic OH excluding ortho intramolecular Hbond substituents is 1. The van der Waals surface area contributed by atoms with Gasteiger partial charge in [0, 0.05) is 17.0 Å². The van der Waals surface area contributed by atoms with Crippen LogP contribution in [0.4, 0.5) is 0 Å². The number of hydrogen-bond donors (Lipinski definition) is 2. The van der Waals surface area contributed by atoms with Crippen LogP contribution in [0.5, 0.6) is 5.75 Å². The Morgan fingerprint density at radius 1 is 0.913 bits per heavy atom. The summed E-state index contributed by atoms with van der Waals surface area (Å²) in [5.74, 6) is 1.16. The van der Waals surface area contributed by atoms with Gasteiger partial charge in [-0.1, -0.05) is 76.2 Å². The molecule has 2 rings (SSSR count). The van der Waals surface area contributed by atoms with Crippen LogP contribution in [0.2, 0.25) is 0 Å². The van der Waals surface area contributed by atoms with Gasteiger partial charge in [-0.15, -0.1) is 0 Å². The van der Waals surface area contributed by atoms with Gasteiger partial charge in [0.1, 0.15) is 5.75 Å². The first-order chi connectivity index (χ1) is 10.9. The van der Waals surface area contributed by atoms with E-state index >= 15 is 0 Å². The second-order valence-electron chi connectivity index (χ2n) is 7.15. The topological polar surface area (TPSA) is 46.2 Å². The van der Waals surface area contributed by atoms with E-state index in [0.29, 0.717) is 17.6 Å². The molecule has 0 aliphatic carbocycles. The van der Waals surface area contributed by atoms with Crippen LogP contribution < -0.4 is 5.73 Å². The normalized spacial score (nSPS) is 13.5. The first-order valence-corrected chi connectivity index (χ1v) is 8.48. The molecule has 1 atom stereocenters. The highest BCUT2D eigenvalue weighted by molar-refractivity contribution is 5.41. The van der Waals surface area contributed by atoms with Crippen LogP contribution in [0.15, 0.2) is 54.6 Å². The van der Waals surface area contributed by atoms with Gasteiger partial charge >= 0.3 is 1.43 Å². The molecule has 0 aliphatic rings. The maximum absolute atomic E-state index is 10.4. The Bertz CT molecular complexity index is 617. The lowest BCUT2D eigenvalue weighted by Crippen LogP contribution is -2.51. The molecule has 2 heteroatoms. The molecule has 1 unspecified atom stereocenters. The summed E-state index contributed by atoms with van der Waals surface area (Å²) < 4.78 is 0. The van der Waals surface area contributed by atoms with Crippen molar-refractivity contribution < 1.29 is 6.53 Å². The second-order valence-corrected chi connectivity index (χ2v) is 7.15. The van der Waals surface area contributed by atoms with Crippen molar-refractivity contribution in [1.82, 2.24) is 0 Å². The van der Waals surface area contributed by atoms with Crippen LogP contribution in [0.3, 0.4) is 0 Å². The zero-order chi connectivity index (χ0) is 17.0. The van der Waals surface area contributed by atoms with Gasteiger partial charge in [-0.05, 0) is 29.9 Å². The Morgan fingerprint density at radius 3 is 1.96 bits per heavy atom. The van der Waals surface area contributed by atoms with Gasteiger partial charge in [-0.25, -0.2) is 0 Å². The summed E-state index contributed by atoms with van der Waals surface area (Å²) in [7, 11) is 0. The quantitative estimate of drug-likeness (QED) is 0.785. The summed E-state index contributed by atoms with van der Waals surface area (Å²) in [5, 5.41) is 10.4. The minimum absolute atomic E-state index is 0. The highest BCUT2D eigenvalue weighted by atomic mass is 16.3. The largest absolute Gasteiger partial charge is 1.00 e. The maximum atomic E-state index is 10.4. The fourth-order valence-electron chi connectivity index (χ4n) is 3.37. The van der Waals surface area contributed by atoms with E-state index in [-0.39, 0.29) is 12.9 Å². The summed E-state index contributed by atoms with van der Waals surface area (Å²) in [6.45, 7) is 8.75. The zero-order valence-electron chi connectivity index (χ0n) is 15.7. The first kappa shape index (κ1) is 17.6. The van der Waals surface area contributed by atoms with Crippen molar-refractivity contribution in [2.45, 2.75) is 45.6 Å². The molecule has 0 heterocycles. The van der Waals surface area contributed by atoms with E-state index in [1.165, 1.54) is 5.56 Å². The standard InChI is InChI=1S/C21H29NO/c1-15(2)21(22,16(3)4)14-19(17-10-6-5-7-11-17)18-12-8-9-13-20(18)23/h5-13,15-16,19,23H,14,22H2,1-4H3/p+1. The number of rotatable bonds is 6. The molecule has 0 fully saturated rings. The molecule has 2 aromatic carbocycles. The SMILES string of the molecule is CC(C)C(N)(CC(c1ccccc1)c1ccccc1O)C(C)C.[H+]. The molecule has 0 aliphatic heterocycles. The Kier molecular flexibility index (Phi) is 5.48. The maximum Gasteiger partial charge on any atom is 1.00 e. The van der Waals surface area contributed by atoms with E-state index in [4.69, 9.17) is 5.73 Å². The van der Waals surface area contributed by atoms with E-state index in [2.05, 4.69) is 39.8 Å². The highest BCUT2D eigenvalue weighted by Gasteiger charge is 2.36. The van der Waals surface area contributed by atoms with Gasteiger partial charge in [0.25, 0.3) is 0 Å². The first-order valence-electron chi connectivity index (χ1n) is 8.48. The van der Waals surface area contributed by atoms with Crippen LogP contribution in [0.25, 0.3) is 0 Å². The average molecular weight is 312 g/mol. The summed E-state index contributed by atoms with van der Waals surface area (Å²) in [6, 6.07) is 18.0. The van der Waals surface area contributed by atoms with Crippen LogP contribution in [-0.2, 0) is 0 Å². The van der Waals surface area contributed by atoms with Gasteiger partial charge in [0.15, 0.2) is 0 Å². The molecule has 0 aromatic heterocycles. The Morgan fingerprint density at radius 2 is 1.43 bits per heavy atom. The van der Waals surface area contributed by atoms with Gasteiger partial charge in [0.05, 0.1) is 0 Å². The molecule has 0 bridgehead atoms. The molecule has 0 radical (unpaired) electrons. The van der Waals surface area contributed by atoms with Gasteiger partial charge < -0.3 is 10.8 Å². The minimum Gasteiger partial charge on any atom is -0.508 e. The fourth-order valence-corrected chi connectivity index (χ4v) is 3.37. The van der Waals surface area contributed by atoms with Gasteiger partial charge in [0.2, 0.25) is 0 Å². The van der Waals surface area contributed by atoms with Crippen LogP contribution in [0.1, 0.15) is 52.6 Å². The summed E-state index contributed by atoms with van der Waals surface area (Å²) in [6.07, 6.45) is 0.809. The van der Waals surface area contributed by atoms with E-state index < -0.39 is 0 Å². The third-order valence-corrected chi connectivity index (χ3v) is 5.22. The zero-order valence-corrected chi connectivity index (χ0v) is 14.7. The average Bonchev–Trinajstić information content (AvgIpc) is 2.53. The van der Waals surface area contributed by atoms with E-state index in [1.807, 2.05) is 36.4 Å². The summed E-state index contributed by atoms with van der Waals surface area (Å²) >= 11 is 0. The summed E-state index contributed by atoms with van der Waals surface area (Å²) in [4.78, 5) is 0. The van der Waals surface area contributed by atoms with Crippen molar-refractivity contribution in [2.75, 3.05) is 0 Å². The molecular formula is C21H30NO+. The Labute approximate surface area is 141 Å². The highest BCUT2D eigenvalue weighted by Crippen LogP contribution is 2.40. The van der Waals surface area contributed by atoms with Crippen molar-refractivity contribution in [3.8, 4) is 5.75 Å². The Hall–Kier alpha value is -1.80. The monoisotopic (exact) mass is 312 g/mol. The van der Waals surface area contributed by atoms with Crippen molar-refractivity contribution in [3.63, 3.8) is 0 Å². The number of para-hydroxylation sites is 1. The molecular weight excluding hydrogens is 282 g/mol. The molecule has 3 N–H and O–H groups in total. The lowest BCUT2D eigenvalue weighted by molar-refractivity contribution is 0.199. The molecule has 23 heavy (non-hydrogen) atoms. The van der Waals surface area contributed by atoms with Gasteiger partial charge in [-0.3, -0.25) is 0 Å². The van der Waals surface area contributed by atoms with Crippen molar-refractivity contribution in [3.05, 3.63) is 65.7 Å². The predicted octanol–water partition coefficient (Wildman–Crippen LogP) is 5.04. The Balaban J connectivity index is 0.00000288. The lowest BCUT2D eigenvalue weighted by atomic mass is 9.69. The second kappa shape index (κ2) is 7.18. The van der Waals surface area contributed by atoms with Crippen LogP contribution in [-0.4, -0.2) is 10.6 Å². The van der Waals surface area contributed by atoms with Gasteiger partial charge in [-0.2, -0.15) is 0 Å². The van der Waals surface area contributed by atoms with E-state index in [1.54, 1.807) is 6.07 Å². The molecule has 0 saturated heterocycles. The smallest absolute Gasteiger partial charge is 0.508 e. The number of benzene rings is 2. The molecule has 2 nitrogen and oxygen atoms in total. The van der Waals surface area contributed by atoms with Crippen LogP contribution in [0, 0.1) is 11.8 Å². The fraction of sp³-hybridized carbons (Fsp3) is 0.429. The summed E-state index contributed by atoms with van der Waals surface area (Å²) in [5.41, 5.74) is 8.69. The number of hydrogen-bond acceptors (Lipinski definition) is 2. The van der Waals surface area contributed by atoms with E-state index in [0.717, 1.165) is 12.0 Å². The van der Waals surface area contributed by atoms with Crippen molar-refractivity contribution >= 4 is 0 Å². The number of nitrogens with two attached hydrogens (primary N) is 1. The predicted molar refractivity (Wildman–Crippen MR) is 98.7 cm³/mol. The molecule has 124 valence electrons. The molecule has 0 saturated carbocycles. The van der Waals surface area contributed by atoms with Crippen molar-refractivity contribution in [1.29, 1.82) is 0 Å². The van der Waals surface area contributed by atoms with Crippen LogP contribution >= 0.6 is 0 Å². The lowest BCUT2D eigenvalue weighted by Gasteiger charge is -2.41. The third kappa shape index (κ3) is 3.76. The number of aromatic hydroxyl groups is 1. The molecule has 2 aromatic rings. The number of phenols is 1. The molecule has 0 amide bonds. The third-order valence-electron chi connectivity index (χ3n) is 5.22. The van der Waals surface area contributed by atoms with E-state index in [9.17, 15) is 5.11 Å². The minimum atomic E-state index is -0.289. The molecule has 0 spiro atoms. The van der Waals surface area contributed by atoms with Crippen molar-refractivity contribution in [2.24, 2.45) is 17.6 Å².